The van der Waals surface area contributed by atoms with Crippen LogP contribution in [-0.2, 0) is 16.0 Å². The maximum Gasteiger partial charge on any atom is 0.295 e. The molecule has 0 unspecified atom stereocenters. The zero-order chi connectivity index (χ0) is 13.0. The largest absolute Gasteiger partial charge is 0.378 e. The fourth-order valence-electron chi connectivity index (χ4n) is 1.93. The van der Waals surface area contributed by atoms with Crippen molar-refractivity contribution in [3.05, 3.63) is 35.4 Å². The van der Waals surface area contributed by atoms with Crippen molar-refractivity contribution in [2.45, 2.75) is 13.3 Å². The highest BCUT2D eigenvalue weighted by atomic mass is 16.5. The van der Waals surface area contributed by atoms with Crippen molar-refractivity contribution in [3.63, 3.8) is 0 Å². The van der Waals surface area contributed by atoms with E-state index in [0.717, 1.165) is 12.0 Å². The van der Waals surface area contributed by atoms with Crippen molar-refractivity contribution >= 4 is 11.7 Å². The third kappa shape index (κ3) is 2.76. The lowest BCUT2D eigenvalue weighted by Gasteiger charge is -2.26. The number of hydrogen-bond donors (Lipinski definition) is 0. The summed E-state index contributed by atoms with van der Waals surface area (Å²) in [7, 11) is 0. The Balaban J connectivity index is 2.07. The highest BCUT2D eigenvalue weighted by Crippen LogP contribution is 2.08. The first-order valence-electron chi connectivity index (χ1n) is 6.22. The number of carbonyl (C=O) groups is 2. The maximum atomic E-state index is 12.0. The summed E-state index contributed by atoms with van der Waals surface area (Å²) in [6, 6.07) is 7.22. The number of ether oxygens (including phenoxy) is 1. The van der Waals surface area contributed by atoms with E-state index in [-0.39, 0.29) is 0 Å². The molecule has 96 valence electrons. The molecule has 18 heavy (non-hydrogen) atoms. The number of ketones is 1. The molecule has 1 fully saturated rings. The van der Waals surface area contributed by atoms with Gasteiger partial charge in [0.2, 0.25) is 5.78 Å². The van der Waals surface area contributed by atoms with Gasteiger partial charge in [0.05, 0.1) is 13.2 Å². The van der Waals surface area contributed by atoms with Gasteiger partial charge in [0.15, 0.2) is 0 Å². The molecular formula is C14H17NO3. The van der Waals surface area contributed by atoms with Gasteiger partial charge in [0.25, 0.3) is 5.91 Å². The van der Waals surface area contributed by atoms with Gasteiger partial charge in [0, 0.05) is 18.7 Å². The smallest absolute Gasteiger partial charge is 0.295 e. The Morgan fingerprint density at radius 1 is 1.17 bits per heavy atom. The molecule has 0 aliphatic carbocycles. The van der Waals surface area contributed by atoms with E-state index < -0.39 is 11.7 Å². The number of amides is 1. The first kappa shape index (κ1) is 12.8. The SMILES string of the molecule is CCc1ccc(C(=O)C(=O)N2CCOCC2)cc1. The number of aryl methyl sites for hydroxylation is 1. The van der Waals surface area contributed by atoms with Gasteiger partial charge in [-0.05, 0) is 12.0 Å². The molecule has 1 aromatic carbocycles. The van der Waals surface area contributed by atoms with Crippen LogP contribution in [0.1, 0.15) is 22.8 Å². The Labute approximate surface area is 107 Å². The minimum atomic E-state index is -0.431. The van der Waals surface area contributed by atoms with Crippen molar-refractivity contribution in [1.29, 1.82) is 0 Å². The first-order chi connectivity index (χ1) is 8.72. The van der Waals surface area contributed by atoms with E-state index in [2.05, 4.69) is 6.92 Å². The number of Topliss-reactive ketones (excluding diaryl/α,β-unsaturated/α-hetero) is 1. The summed E-state index contributed by atoms with van der Waals surface area (Å²) in [5.41, 5.74) is 1.62. The van der Waals surface area contributed by atoms with Crippen LogP contribution >= 0.6 is 0 Å². The van der Waals surface area contributed by atoms with E-state index in [9.17, 15) is 9.59 Å². The second-order valence-electron chi connectivity index (χ2n) is 4.28. The summed E-state index contributed by atoms with van der Waals surface area (Å²) in [5.74, 6) is -0.859. The minimum Gasteiger partial charge on any atom is -0.378 e. The second-order valence-corrected chi connectivity index (χ2v) is 4.28. The molecule has 0 aromatic heterocycles. The number of hydrogen-bond acceptors (Lipinski definition) is 3. The van der Waals surface area contributed by atoms with E-state index in [0.29, 0.717) is 31.9 Å². The molecule has 4 nitrogen and oxygen atoms in total. The van der Waals surface area contributed by atoms with E-state index >= 15 is 0 Å². The van der Waals surface area contributed by atoms with Crippen LogP contribution in [0.15, 0.2) is 24.3 Å². The maximum absolute atomic E-state index is 12.0. The number of morpholine rings is 1. The molecule has 1 heterocycles. The summed E-state index contributed by atoms with van der Waals surface area (Å²) in [4.78, 5) is 25.5. The summed E-state index contributed by atoms with van der Waals surface area (Å²) in [6.45, 7) is 4.06. The van der Waals surface area contributed by atoms with Crippen LogP contribution in [0.25, 0.3) is 0 Å². The van der Waals surface area contributed by atoms with Crippen molar-refractivity contribution in [2.75, 3.05) is 26.3 Å². The lowest BCUT2D eigenvalue weighted by molar-refractivity contribution is -0.130. The fourth-order valence-corrected chi connectivity index (χ4v) is 1.93. The first-order valence-corrected chi connectivity index (χ1v) is 6.22. The molecule has 1 amide bonds. The van der Waals surface area contributed by atoms with E-state index in [1.165, 1.54) is 0 Å². The Bertz CT molecular complexity index is 433. The molecule has 0 saturated carbocycles. The second kappa shape index (κ2) is 5.78. The fraction of sp³-hybridized carbons (Fsp3) is 0.429. The topological polar surface area (TPSA) is 46.6 Å². The monoisotopic (exact) mass is 247 g/mol. The third-order valence-corrected chi connectivity index (χ3v) is 3.12. The van der Waals surface area contributed by atoms with E-state index in [1.807, 2.05) is 12.1 Å². The van der Waals surface area contributed by atoms with Gasteiger partial charge in [-0.15, -0.1) is 0 Å². The Morgan fingerprint density at radius 3 is 2.33 bits per heavy atom. The average Bonchev–Trinajstić information content (AvgIpc) is 2.47. The molecule has 0 atom stereocenters. The third-order valence-electron chi connectivity index (χ3n) is 3.12. The standard InChI is InChI=1S/C14H17NO3/c1-2-11-3-5-12(6-4-11)13(16)14(17)15-7-9-18-10-8-15/h3-6H,2,7-10H2,1H3. The van der Waals surface area contributed by atoms with E-state index in [1.54, 1.807) is 17.0 Å². The molecular weight excluding hydrogens is 230 g/mol. The molecule has 0 N–H and O–H groups in total. The highest BCUT2D eigenvalue weighted by Gasteiger charge is 2.24. The number of nitrogens with zero attached hydrogens (tertiary/aromatic N) is 1. The van der Waals surface area contributed by atoms with Crippen molar-refractivity contribution < 1.29 is 14.3 Å². The average molecular weight is 247 g/mol. The number of carbonyl (C=O) groups excluding carboxylic acids is 2. The Hall–Kier alpha value is -1.68. The zero-order valence-corrected chi connectivity index (χ0v) is 10.5. The van der Waals surface area contributed by atoms with Crippen molar-refractivity contribution in [2.24, 2.45) is 0 Å². The predicted octanol–water partition coefficient (Wildman–Crippen LogP) is 1.29. The predicted molar refractivity (Wildman–Crippen MR) is 67.5 cm³/mol. The highest BCUT2D eigenvalue weighted by molar-refractivity contribution is 6.42. The molecule has 1 aliphatic heterocycles. The van der Waals surface area contributed by atoms with Crippen LogP contribution in [0.4, 0.5) is 0 Å². The van der Waals surface area contributed by atoms with Gasteiger partial charge >= 0.3 is 0 Å². The van der Waals surface area contributed by atoms with Crippen LogP contribution in [-0.4, -0.2) is 42.9 Å². The Kier molecular flexibility index (Phi) is 4.10. The summed E-state index contributed by atoms with van der Waals surface area (Å²) >= 11 is 0. The van der Waals surface area contributed by atoms with Crippen LogP contribution in [0.2, 0.25) is 0 Å². The Morgan fingerprint density at radius 2 is 1.78 bits per heavy atom. The molecule has 4 heteroatoms. The van der Waals surface area contributed by atoms with Gasteiger partial charge in [-0.1, -0.05) is 31.2 Å². The van der Waals surface area contributed by atoms with Crippen molar-refractivity contribution in [3.8, 4) is 0 Å². The zero-order valence-electron chi connectivity index (χ0n) is 10.5. The van der Waals surface area contributed by atoms with Crippen LogP contribution < -0.4 is 0 Å². The molecule has 1 aromatic rings. The van der Waals surface area contributed by atoms with Gasteiger partial charge in [-0.2, -0.15) is 0 Å². The lowest BCUT2D eigenvalue weighted by atomic mass is 10.1. The molecule has 0 bridgehead atoms. The summed E-state index contributed by atoms with van der Waals surface area (Å²) in [5, 5.41) is 0. The normalized spacial score (nSPS) is 15.5. The molecule has 1 aliphatic rings. The van der Waals surface area contributed by atoms with Crippen molar-refractivity contribution in [1.82, 2.24) is 4.90 Å². The molecule has 0 radical (unpaired) electrons. The van der Waals surface area contributed by atoms with E-state index in [4.69, 9.17) is 4.74 Å². The van der Waals surface area contributed by atoms with Gasteiger partial charge in [0.1, 0.15) is 0 Å². The molecule has 0 spiro atoms. The minimum absolute atomic E-state index is 0.428. The molecule has 2 rings (SSSR count). The lowest BCUT2D eigenvalue weighted by Crippen LogP contribution is -2.44. The quantitative estimate of drug-likeness (QED) is 0.597. The summed E-state index contributed by atoms with van der Waals surface area (Å²) in [6.07, 6.45) is 0.923. The van der Waals surface area contributed by atoms with Crippen LogP contribution in [0, 0.1) is 0 Å². The van der Waals surface area contributed by atoms with Gasteiger partial charge in [-0.25, -0.2) is 0 Å². The van der Waals surface area contributed by atoms with Crippen LogP contribution in [0.5, 0.6) is 0 Å². The molecule has 1 saturated heterocycles. The summed E-state index contributed by atoms with van der Waals surface area (Å²) < 4.78 is 5.16. The van der Waals surface area contributed by atoms with Crippen LogP contribution in [0.3, 0.4) is 0 Å². The van der Waals surface area contributed by atoms with Gasteiger partial charge in [-0.3, -0.25) is 9.59 Å². The number of rotatable bonds is 3. The number of benzene rings is 1. The van der Waals surface area contributed by atoms with Gasteiger partial charge < -0.3 is 9.64 Å².